The summed E-state index contributed by atoms with van der Waals surface area (Å²) >= 11 is 3.53. The van der Waals surface area contributed by atoms with Gasteiger partial charge in [-0.3, -0.25) is 0 Å². The highest BCUT2D eigenvalue weighted by Gasteiger charge is 2.14. The van der Waals surface area contributed by atoms with Gasteiger partial charge in [0.15, 0.2) is 0 Å². The minimum Gasteiger partial charge on any atom is -0.456 e. The molecule has 0 aliphatic heterocycles. The quantitative estimate of drug-likeness (QED) is 0.297. The van der Waals surface area contributed by atoms with Crippen molar-refractivity contribution in [2.75, 3.05) is 0 Å². The highest BCUT2D eigenvalue weighted by Crippen LogP contribution is 2.40. The van der Waals surface area contributed by atoms with Crippen molar-refractivity contribution in [3.63, 3.8) is 0 Å². The third-order valence-electron chi connectivity index (χ3n) is 4.74. The lowest BCUT2D eigenvalue weighted by molar-refractivity contribution is 0.669. The van der Waals surface area contributed by atoms with Gasteiger partial charge in [0, 0.05) is 15.2 Å². The van der Waals surface area contributed by atoms with Crippen LogP contribution in [0.25, 0.3) is 44.2 Å². The monoisotopic (exact) mass is 398 g/mol. The largest absolute Gasteiger partial charge is 0.456 e. The van der Waals surface area contributed by atoms with Gasteiger partial charge >= 0.3 is 0 Å². The maximum absolute atomic E-state index is 6.19. The molecule has 5 rings (SSSR count). The van der Waals surface area contributed by atoms with Crippen LogP contribution in [0.1, 0.15) is 0 Å². The molecule has 26 heavy (non-hydrogen) atoms. The van der Waals surface area contributed by atoms with E-state index in [2.05, 4.69) is 88.7 Å². The van der Waals surface area contributed by atoms with Crippen LogP contribution in [0.4, 0.5) is 0 Å². The Morgan fingerprint density at radius 3 is 2.12 bits per heavy atom. The van der Waals surface area contributed by atoms with Crippen LogP contribution in [-0.2, 0) is 0 Å². The summed E-state index contributed by atoms with van der Waals surface area (Å²) < 4.78 is 7.27. The predicted octanol–water partition coefficient (Wildman–Crippen LogP) is 7.68. The molecule has 0 fully saturated rings. The Morgan fingerprint density at radius 1 is 0.577 bits per heavy atom. The lowest BCUT2D eigenvalue weighted by atomic mass is 9.94. The predicted molar refractivity (Wildman–Crippen MR) is 112 cm³/mol. The number of fused-ring (bicyclic) bond motifs is 3. The number of hydrogen-bond donors (Lipinski definition) is 0. The van der Waals surface area contributed by atoms with E-state index >= 15 is 0 Å². The first-order chi connectivity index (χ1) is 12.8. The van der Waals surface area contributed by atoms with Crippen LogP contribution < -0.4 is 0 Å². The van der Waals surface area contributed by atoms with Gasteiger partial charge in [-0.25, -0.2) is 0 Å². The van der Waals surface area contributed by atoms with Crippen molar-refractivity contribution >= 4 is 37.9 Å². The molecule has 0 saturated carbocycles. The molecule has 5 aromatic rings. The number of hydrogen-bond acceptors (Lipinski definition) is 1. The molecule has 4 aromatic carbocycles. The fourth-order valence-corrected chi connectivity index (χ4v) is 3.77. The summed E-state index contributed by atoms with van der Waals surface area (Å²) in [5, 5.41) is 2.32. The zero-order valence-electron chi connectivity index (χ0n) is 13.9. The second-order valence-corrected chi connectivity index (χ2v) is 7.28. The van der Waals surface area contributed by atoms with Crippen molar-refractivity contribution in [1.82, 2.24) is 0 Å². The molecule has 124 valence electrons. The van der Waals surface area contributed by atoms with Crippen molar-refractivity contribution in [2.45, 2.75) is 0 Å². The van der Waals surface area contributed by atoms with E-state index in [0.717, 1.165) is 26.6 Å². The van der Waals surface area contributed by atoms with Gasteiger partial charge in [-0.2, -0.15) is 0 Å². The zero-order chi connectivity index (χ0) is 17.5. The first kappa shape index (κ1) is 15.4. The van der Waals surface area contributed by atoms with E-state index in [0.29, 0.717) is 0 Å². The number of rotatable bonds is 2. The number of halogens is 1. The summed E-state index contributed by atoms with van der Waals surface area (Å²) in [6, 6.07) is 31.6. The Kier molecular flexibility index (Phi) is 3.65. The van der Waals surface area contributed by atoms with Crippen LogP contribution in [0.15, 0.2) is 99.9 Å². The van der Waals surface area contributed by atoms with Gasteiger partial charge in [0.1, 0.15) is 11.2 Å². The summed E-state index contributed by atoms with van der Waals surface area (Å²) in [7, 11) is 0. The summed E-state index contributed by atoms with van der Waals surface area (Å²) in [5.41, 5.74) is 6.57. The molecule has 0 aliphatic carbocycles. The van der Waals surface area contributed by atoms with Gasteiger partial charge in [0.25, 0.3) is 0 Å². The summed E-state index contributed by atoms with van der Waals surface area (Å²) in [5.74, 6) is 0. The molecule has 1 nitrogen and oxygen atoms in total. The van der Waals surface area contributed by atoms with Crippen molar-refractivity contribution in [2.24, 2.45) is 0 Å². The average molecular weight is 399 g/mol. The zero-order valence-corrected chi connectivity index (χ0v) is 15.5. The third kappa shape index (κ3) is 2.54. The van der Waals surface area contributed by atoms with Crippen LogP contribution >= 0.6 is 15.9 Å². The minimum atomic E-state index is 0.922. The molecule has 0 atom stereocenters. The minimum absolute atomic E-state index is 0.922. The SMILES string of the molecule is Brc1ccc(-c2cc(-c3ccccc3)cc3oc4ccccc4c23)cc1. The maximum Gasteiger partial charge on any atom is 0.136 e. The third-order valence-corrected chi connectivity index (χ3v) is 5.27. The summed E-state index contributed by atoms with van der Waals surface area (Å²) in [6.45, 7) is 0. The van der Waals surface area contributed by atoms with Crippen molar-refractivity contribution < 1.29 is 4.42 Å². The standard InChI is InChI=1S/C24H15BrO/c25-19-12-10-17(11-13-19)21-14-18(16-6-2-1-3-7-16)15-23-24(21)20-8-4-5-9-22(20)26-23/h1-15H. The highest BCUT2D eigenvalue weighted by atomic mass is 79.9. The first-order valence-corrected chi connectivity index (χ1v) is 9.35. The molecule has 0 bridgehead atoms. The second kappa shape index (κ2) is 6.15. The Morgan fingerprint density at radius 2 is 1.31 bits per heavy atom. The van der Waals surface area contributed by atoms with Crippen LogP contribution in [-0.4, -0.2) is 0 Å². The number of furan rings is 1. The molecule has 0 aliphatic rings. The second-order valence-electron chi connectivity index (χ2n) is 6.37. The van der Waals surface area contributed by atoms with E-state index in [9.17, 15) is 0 Å². The maximum atomic E-state index is 6.19. The van der Waals surface area contributed by atoms with Gasteiger partial charge in [0.05, 0.1) is 0 Å². The molecule has 0 radical (unpaired) electrons. The fourth-order valence-electron chi connectivity index (χ4n) is 3.51. The van der Waals surface area contributed by atoms with Crippen LogP contribution in [0, 0.1) is 0 Å². The Hall–Kier alpha value is -2.84. The molecule has 2 heteroatoms. The molecular formula is C24H15BrO. The lowest BCUT2D eigenvalue weighted by Crippen LogP contribution is -1.84. The smallest absolute Gasteiger partial charge is 0.136 e. The van der Waals surface area contributed by atoms with Crippen LogP contribution in [0.3, 0.4) is 0 Å². The molecule has 0 saturated heterocycles. The highest BCUT2D eigenvalue weighted by molar-refractivity contribution is 9.10. The van der Waals surface area contributed by atoms with E-state index in [4.69, 9.17) is 4.42 Å². The molecule has 0 spiro atoms. The van der Waals surface area contributed by atoms with E-state index < -0.39 is 0 Å². The van der Waals surface area contributed by atoms with E-state index in [-0.39, 0.29) is 0 Å². The van der Waals surface area contributed by atoms with Gasteiger partial charge in [-0.1, -0.05) is 76.6 Å². The fraction of sp³-hybridized carbons (Fsp3) is 0. The first-order valence-electron chi connectivity index (χ1n) is 8.56. The molecule has 0 unspecified atom stereocenters. The van der Waals surface area contributed by atoms with E-state index in [1.807, 2.05) is 18.2 Å². The number of para-hydroxylation sites is 1. The number of benzene rings is 4. The molecular weight excluding hydrogens is 384 g/mol. The Labute approximate surface area is 160 Å². The van der Waals surface area contributed by atoms with Crippen LogP contribution in [0.2, 0.25) is 0 Å². The average Bonchev–Trinajstić information content (AvgIpc) is 3.07. The lowest BCUT2D eigenvalue weighted by Gasteiger charge is -2.09. The Bertz CT molecular complexity index is 1220. The Balaban J connectivity index is 1.88. The van der Waals surface area contributed by atoms with E-state index in [1.165, 1.54) is 22.1 Å². The van der Waals surface area contributed by atoms with Crippen LogP contribution in [0.5, 0.6) is 0 Å². The normalized spacial score (nSPS) is 11.3. The molecule has 0 N–H and O–H groups in total. The van der Waals surface area contributed by atoms with Crippen molar-refractivity contribution in [3.8, 4) is 22.3 Å². The topological polar surface area (TPSA) is 13.1 Å². The van der Waals surface area contributed by atoms with Gasteiger partial charge in [-0.15, -0.1) is 0 Å². The van der Waals surface area contributed by atoms with Crippen molar-refractivity contribution in [1.29, 1.82) is 0 Å². The van der Waals surface area contributed by atoms with Gasteiger partial charge in [-0.05, 0) is 52.6 Å². The molecule has 1 heterocycles. The van der Waals surface area contributed by atoms with Crippen molar-refractivity contribution in [3.05, 3.63) is 95.5 Å². The van der Waals surface area contributed by atoms with E-state index in [1.54, 1.807) is 0 Å². The summed E-state index contributed by atoms with van der Waals surface area (Å²) in [6.07, 6.45) is 0. The van der Waals surface area contributed by atoms with Gasteiger partial charge in [0.2, 0.25) is 0 Å². The molecule has 1 aromatic heterocycles. The summed E-state index contributed by atoms with van der Waals surface area (Å²) in [4.78, 5) is 0. The van der Waals surface area contributed by atoms with Gasteiger partial charge < -0.3 is 4.42 Å². The molecule has 0 amide bonds.